The molecule has 2 rings (SSSR count). The lowest BCUT2D eigenvalue weighted by Crippen LogP contribution is -2.06. The molecule has 1 aromatic heterocycles. The van der Waals surface area contributed by atoms with E-state index in [4.69, 9.17) is 10.5 Å². The van der Waals surface area contributed by atoms with Crippen molar-refractivity contribution in [2.24, 2.45) is 0 Å². The van der Waals surface area contributed by atoms with E-state index in [1.54, 1.807) is 36.1 Å². The quantitative estimate of drug-likeness (QED) is 0.593. The molecule has 7 heteroatoms. The number of benzene rings is 1. The van der Waals surface area contributed by atoms with Gasteiger partial charge in [0.1, 0.15) is 5.69 Å². The third-order valence-electron chi connectivity index (χ3n) is 3.09. The highest BCUT2D eigenvalue weighted by Gasteiger charge is 2.20. The van der Waals surface area contributed by atoms with E-state index in [9.17, 15) is 9.90 Å². The highest BCUT2D eigenvalue weighted by atomic mass is 16.5. The summed E-state index contributed by atoms with van der Waals surface area (Å²) in [7, 11) is 1.65. The van der Waals surface area contributed by atoms with Crippen LogP contribution >= 0.6 is 0 Å². The Balaban J connectivity index is 2.29. The fraction of sp³-hybridized carbons (Fsp3) is 0.357. The Bertz CT molecular complexity index is 607. The number of nitrogen functional groups attached to an aromatic ring is 1. The molecule has 0 aliphatic heterocycles. The molecular formula is C14H18N4O3. The minimum absolute atomic E-state index is 0.0495. The first kappa shape index (κ1) is 15.0. The first-order valence-corrected chi connectivity index (χ1v) is 6.65. The predicted molar refractivity (Wildman–Crippen MR) is 77.9 cm³/mol. The minimum Gasteiger partial charge on any atom is -0.476 e. The van der Waals surface area contributed by atoms with Crippen LogP contribution in [0, 0.1) is 0 Å². The molecule has 0 saturated heterocycles. The van der Waals surface area contributed by atoms with E-state index in [-0.39, 0.29) is 5.69 Å². The molecule has 3 N–H and O–H groups in total. The van der Waals surface area contributed by atoms with Crippen LogP contribution in [-0.4, -0.2) is 39.8 Å². The number of aromatic carboxylic acids is 1. The zero-order valence-corrected chi connectivity index (χ0v) is 11.8. The lowest BCUT2D eigenvalue weighted by Gasteiger charge is -2.07. The monoisotopic (exact) mass is 290 g/mol. The van der Waals surface area contributed by atoms with Gasteiger partial charge in [0.05, 0.1) is 0 Å². The molecular weight excluding hydrogens is 272 g/mol. The second-order valence-corrected chi connectivity index (χ2v) is 4.64. The maximum atomic E-state index is 11.3. The fourth-order valence-electron chi connectivity index (χ4n) is 2.05. The lowest BCUT2D eigenvalue weighted by atomic mass is 10.1. The number of carbonyl (C=O) groups is 1. The number of hydrogen-bond donors (Lipinski definition) is 2. The van der Waals surface area contributed by atoms with Crippen LogP contribution in [0.5, 0.6) is 0 Å². The summed E-state index contributed by atoms with van der Waals surface area (Å²) in [6.07, 6.45) is 1.71. The molecule has 2 aromatic rings. The van der Waals surface area contributed by atoms with Gasteiger partial charge < -0.3 is 15.6 Å². The van der Waals surface area contributed by atoms with E-state index in [0.29, 0.717) is 24.5 Å². The fourth-order valence-corrected chi connectivity index (χ4v) is 2.05. The number of carboxylic acid groups (broad SMARTS) is 1. The zero-order valence-electron chi connectivity index (χ0n) is 11.8. The number of nitrogens with zero attached hydrogens (tertiary/aromatic N) is 3. The number of aryl methyl sites for hydroxylation is 1. The third kappa shape index (κ3) is 3.57. The van der Waals surface area contributed by atoms with Crippen molar-refractivity contribution in [2.75, 3.05) is 19.5 Å². The second kappa shape index (κ2) is 6.85. The van der Waals surface area contributed by atoms with Crippen molar-refractivity contribution >= 4 is 11.7 Å². The van der Waals surface area contributed by atoms with Crippen molar-refractivity contribution < 1.29 is 14.6 Å². The highest BCUT2D eigenvalue weighted by Crippen LogP contribution is 2.23. The molecule has 0 amide bonds. The Morgan fingerprint density at radius 1 is 1.33 bits per heavy atom. The van der Waals surface area contributed by atoms with Gasteiger partial charge >= 0.3 is 5.97 Å². The third-order valence-corrected chi connectivity index (χ3v) is 3.09. The Kier molecular flexibility index (Phi) is 4.89. The molecule has 0 aliphatic rings. The van der Waals surface area contributed by atoms with Crippen LogP contribution in [0.15, 0.2) is 24.3 Å². The number of unbranched alkanes of at least 4 members (excludes halogenated alkanes) is 1. The van der Waals surface area contributed by atoms with Gasteiger partial charge in [-0.05, 0) is 25.0 Å². The molecule has 7 nitrogen and oxygen atoms in total. The van der Waals surface area contributed by atoms with E-state index in [1.165, 1.54) is 0 Å². The number of aromatic nitrogens is 3. The second-order valence-electron chi connectivity index (χ2n) is 4.64. The maximum absolute atomic E-state index is 11.3. The van der Waals surface area contributed by atoms with E-state index in [1.807, 2.05) is 0 Å². The molecule has 0 spiro atoms. The zero-order chi connectivity index (χ0) is 15.2. The van der Waals surface area contributed by atoms with Crippen LogP contribution in [0.25, 0.3) is 11.3 Å². The Labute approximate surface area is 122 Å². The first-order chi connectivity index (χ1) is 10.1. The normalized spacial score (nSPS) is 10.7. The number of nitrogens with two attached hydrogens (primary N) is 1. The number of rotatable bonds is 7. The van der Waals surface area contributed by atoms with Crippen molar-refractivity contribution in [2.45, 2.75) is 19.4 Å². The number of ether oxygens (including phenoxy) is 1. The summed E-state index contributed by atoms with van der Waals surface area (Å²) >= 11 is 0. The lowest BCUT2D eigenvalue weighted by molar-refractivity contribution is 0.0691. The van der Waals surface area contributed by atoms with E-state index >= 15 is 0 Å². The average Bonchev–Trinajstić information content (AvgIpc) is 2.88. The van der Waals surface area contributed by atoms with Gasteiger partial charge in [0.15, 0.2) is 5.69 Å². The number of carboxylic acids is 1. The molecule has 0 aliphatic carbocycles. The number of anilines is 1. The largest absolute Gasteiger partial charge is 0.476 e. The van der Waals surface area contributed by atoms with Crippen LogP contribution in [0.2, 0.25) is 0 Å². The van der Waals surface area contributed by atoms with Gasteiger partial charge in [0, 0.05) is 31.5 Å². The number of methoxy groups -OCH3 is 1. The molecule has 0 bridgehead atoms. The van der Waals surface area contributed by atoms with Gasteiger partial charge in [0.2, 0.25) is 0 Å². The molecule has 1 aromatic carbocycles. The maximum Gasteiger partial charge on any atom is 0.358 e. The van der Waals surface area contributed by atoms with Gasteiger partial charge in [-0.15, -0.1) is 5.10 Å². The molecule has 1 heterocycles. The summed E-state index contributed by atoms with van der Waals surface area (Å²) in [5.74, 6) is -1.09. The summed E-state index contributed by atoms with van der Waals surface area (Å²) < 4.78 is 6.61. The van der Waals surface area contributed by atoms with Gasteiger partial charge in [-0.25, -0.2) is 9.48 Å². The summed E-state index contributed by atoms with van der Waals surface area (Å²) in [5.41, 5.74) is 7.47. The Morgan fingerprint density at radius 3 is 2.67 bits per heavy atom. The van der Waals surface area contributed by atoms with Crippen LogP contribution in [0.4, 0.5) is 5.69 Å². The van der Waals surface area contributed by atoms with Crippen molar-refractivity contribution in [3.8, 4) is 11.3 Å². The number of hydrogen-bond acceptors (Lipinski definition) is 5. The SMILES string of the molecule is COCCCCn1nnc(C(=O)O)c1-c1ccc(N)cc1. The van der Waals surface area contributed by atoms with E-state index < -0.39 is 5.97 Å². The first-order valence-electron chi connectivity index (χ1n) is 6.65. The van der Waals surface area contributed by atoms with Gasteiger partial charge in [-0.3, -0.25) is 0 Å². The summed E-state index contributed by atoms with van der Waals surface area (Å²) in [6, 6.07) is 6.99. The summed E-state index contributed by atoms with van der Waals surface area (Å²) in [5, 5.41) is 17.0. The van der Waals surface area contributed by atoms with E-state index in [0.717, 1.165) is 18.4 Å². The minimum atomic E-state index is -1.09. The van der Waals surface area contributed by atoms with Crippen LogP contribution in [-0.2, 0) is 11.3 Å². The molecule has 0 atom stereocenters. The summed E-state index contributed by atoms with van der Waals surface area (Å²) in [6.45, 7) is 1.25. The standard InChI is InChI=1S/C14H18N4O3/c1-21-9-3-2-8-18-13(12(14(19)20)16-17-18)10-4-6-11(15)7-5-10/h4-7H,2-3,8-9,15H2,1H3,(H,19,20). The molecule has 0 radical (unpaired) electrons. The molecule has 0 fully saturated rings. The van der Waals surface area contributed by atoms with Gasteiger partial charge in [-0.2, -0.15) is 0 Å². The topological polar surface area (TPSA) is 103 Å². The average molecular weight is 290 g/mol. The van der Waals surface area contributed by atoms with Crippen LogP contribution in [0.3, 0.4) is 0 Å². The van der Waals surface area contributed by atoms with E-state index in [2.05, 4.69) is 10.3 Å². The van der Waals surface area contributed by atoms with Gasteiger partial charge in [0.25, 0.3) is 0 Å². The van der Waals surface area contributed by atoms with Gasteiger partial charge in [-0.1, -0.05) is 17.3 Å². The summed E-state index contributed by atoms with van der Waals surface area (Å²) in [4.78, 5) is 11.3. The van der Waals surface area contributed by atoms with Crippen molar-refractivity contribution in [1.29, 1.82) is 0 Å². The molecule has 0 saturated carbocycles. The predicted octanol–water partition coefficient (Wildman–Crippen LogP) is 1.65. The highest BCUT2D eigenvalue weighted by molar-refractivity contribution is 5.92. The van der Waals surface area contributed by atoms with Crippen LogP contribution < -0.4 is 5.73 Å². The van der Waals surface area contributed by atoms with Crippen molar-refractivity contribution in [3.05, 3.63) is 30.0 Å². The molecule has 0 unspecified atom stereocenters. The van der Waals surface area contributed by atoms with Crippen LogP contribution in [0.1, 0.15) is 23.3 Å². The Morgan fingerprint density at radius 2 is 2.05 bits per heavy atom. The Hall–Kier alpha value is -2.41. The molecule has 21 heavy (non-hydrogen) atoms. The van der Waals surface area contributed by atoms with Crippen molar-refractivity contribution in [1.82, 2.24) is 15.0 Å². The smallest absolute Gasteiger partial charge is 0.358 e. The van der Waals surface area contributed by atoms with Crippen molar-refractivity contribution in [3.63, 3.8) is 0 Å². The molecule has 112 valence electrons.